The Bertz CT molecular complexity index is 831. The Morgan fingerprint density at radius 2 is 2.00 bits per heavy atom. The Kier molecular flexibility index (Phi) is 6.24. The Hall–Kier alpha value is -3.10. The molecule has 1 aromatic heterocycles. The van der Waals surface area contributed by atoms with E-state index in [4.69, 9.17) is 0 Å². The van der Waals surface area contributed by atoms with Crippen molar-refractivity contribution >= 4 is 11.9 Å². The molecule has 1 aliphatic rings. The number of amides is 3. The van der Waals surface area contributed by atoms with Crippen LogP contribution in [0.2, 0.25) is 0 Å². The third-order valence-corrected chi connectivity index (χ3v) is 4.21. The molecule has 2 N–H and O–H groups in total. The number of halogens is 1. The maximum atomic E-state index is 12.9. The van der Waals surface area contributed by atoms with E-state index in [0.717, 1.165) is 24.1 Å². The lowest BCUT2D eigenvalue weighted by Gasteiger charge is -2.13. The van der Waals surface area contributed by atoms with E-state index in [9.17, 15) is 14.0 Å². The molecule has 1 heterocycles. The molecule has 27 heavy (non-hydrogen) atoms. The van der Waals surface area contributed by atoms with Gasteiger partial charge in [0.1, 0.15) is 12.4 Å². The molecule has 0 saturated heterocycles. The van der Waals surface area contributed by atoms with Crippen molar-refractivity contribution in [1.29, 1.82) is 0 Å². The molecule has 0 bridgehead atoms. The highest BCUT2D eigenvalue weighted by molar-refractivity contribution is 5.94. The number of allylic oxidation sites excluding steroid dienone is 1. The van der Waals surface area contributed by atoms with Gasteiger partial charge in [-0.25, -0.2) is 9.18 Å². The zero-order valence-electron chi connectivity index (χ0n) is 14.8. The summed E-state index contributed by atoms with van der Waals surface area (Å²) in [6, 6.07) is 5.07. The van der Waals surface area contributed by atoms with Gasteiger partial charge in [0.25, 0.3) is 5.91 Å². The molecule has 9 heteroatoms. The lowest BCUT2D eigenvalue weighted by atomic mass is 9.97. The number of nitrogens with one attached hydrogen (secondary N) is 2. The maximum absolute atomic E-state index is 12.9. The molecule has 3 rings (SSSR count). The van der Waals surface area contributed by atoms with Crippen molar-refractivity contribution in [3.05, 3.63) is 41.7 Å². The number of rotatable bonds is 6. The highest BCUT2D eigenvalue weighted by Gasteiger charge is 2.12. The minimum atomic E-state index is -0.549. The average Bonchev–Trinajstić information content (AvgIpc) is 3.11. The Morgan fingerprint density at radius 1 is 1.19 bits per heavy atom. The number of imide groups is 1. The first kappa shape index (κ1) is 18.7. The molecule has 1 aliphatic carbocycles. The molecule has 0 aliphatic heterocycles. The zero-order valence-corrected chi connectivity index (χ0v) is 14.8. The van der Waals surface area contributed by atoms with Crippen LogP contribution in [0.4, 0.5) is 9.18 Å². The number of hydrogen-bond donors (Lipinski definition) is 2. The fraction of sp³-hybridized carbons (Fsp3) is 0.389. The SMILES string of the molecule is O=C(Cn1nnc(-c2ccc(F)cc2)n1)NC(=O)NCCC1=CCCCC1. The summed E-state index contributed by atoms with van der Waals surface area (Å²) in [5.41, 5.74) is 1.94. The van der Waals surface area contributed by atoms with Crippen LogP contribution in [0.1, 0.15) is 32.1 Å². The number of carbonyl (C=O) groups is 2. The molecule has 2 aromatic rings. The first-order valence-electron chi connectivity index (χ1n) is 8.89. The monoisotopic (exact) mass is 372 g/mol. The molecule has 0 saturated carbocycles. The van der Waals surface area contributed by atoms with E-state index < -0.39 is 11.9 Å². The number of benzene rings is 1. The van der Waals surface area contributed by atoms with E-state index >= 15 is 0 Å². The summed E-state index contributed by atoms with van der Waals surface area (Å²) in [6.45, 7) is 0.244. The molecule has 142 valence electrons. The van der Waals surface area contributed by atoms with Crippen LogP contribution in [0.3, 0.4) is 0 Å². The third kappa shape index (κ3) is 5.70. The minimum Gasteiger partial charge on any atom is -0.337 e. The van der Waals surface area contributed by atoms with Gasteiger partial charge in [0.2, 0.25) is 5.82 Å². The van der Waals surface area contributed by atoms with Gasteiger partial charge in [0.15, 0.2) is 0 Å². The summed E-state index contributed by atoms with van der Waals surface area (Å²) < 4.78 is 12.9. The Morgan fingerprint density at radius 3 is 2.74 bits per heavy atom. The van der Waals surface area contributed by atoms with Gasteiger partial charge in [-0.1, -0.05) is 11.6 Å². The Labute approximate surface area is 155 Å². The van der Waals surface area contributed by atoms with E-state index in [2.05, 4.69) is 32.1 Å². The number of hydrogen-bond acceptors (Lipinski definition) is 5. The third-order valence-electron chi connectivity index (χ3n) is 4.21. The lowest BCUT2D eigenvalue weighted by molar-refractivity contribution is -0.121. The van der Waals surface area contributed by atoms with Crippen LogP contribution in [-0.2, 0) is 11.3 Å². The summed E-state index contributed by atoms with van der Waals surface area (Å²) in [6.07, 6.45) is 7.63. The molecule has 0 fully saturated rings. The van der Waals surface area contributed by atoms with Crippen molar-refractivity contribution in [3.8, 4) is 11.4 Å². The van der Waals surface area contributed by atoms with Crippen LogP contribution in [-0.4, -0.2) is 38.7 Å². The fourth-order valence-corrected chi connectivity index (χ4v) is 2.83. The van der Waals surface area contributed by atoms with E-state index in [1.54, 1.807) is 0 Å². The van der Waals surface area contributed by atoms with Crippen LogP contribution < -0.4 is 10.6 Å². The van der Waals surface area contributed by atoms with Gasteiger partial charge in [-0.15, -0.1) is 10.2 Å². The van der Waals surface area contributed by atoms with Gasteiger partial charge < -0.3 is 5.32 Å². The van der Waals surface area contributed by atoms with Crippen LogP contribution in [0.5, 0.6) is 0 Å². The molecule has 0 radical (unpaired) electrons. The predicted molar refractivity (Wildman–Crippen MR) is 95.9 cm³/mol. The van der Waals surface area contributed by atoms with Crippen molar-refractivity contribution in [3.63, 3.8) is 0 Å². The van der Waals surface area contributed by atoms with Crippen molar-refractivity contribution in [1.82, 2.24) is 30.8 Å². The summed E-state index contributed by atoms with van der Waals surface area (Å²) in [5.74, 6) is -0.642. The van der Waals surface area contributed by atoms with Crippen molar-refractivity contribution < 1.29 is 14.0 Å². The smallest absolute Gasteiger partial charge is 0.321 e. The van der Waals surface area contributed by atoms with Gasteiger partial charge in [-0.2, -0.15) is 4.80 Å². The second-order valence-corrected chi connectivity index (χ2v) is 6.31. The normalized spacial score (nSPS) is 13.7. The molecule has 0 spiro atoms. The van der Waals surface area contributed by atoms with Gasteiger partial charge in [-0.05, 0) is 61.6 Å². The second-order valence-electron chi connectivity index (χ2n) is 6.31. The summed E-state index contributed by atoms with van der Waals surface area (Å²) >= 11 is 0. The van der Waals surface area contributed by atoms with Crippen LogP contribution in [0, 0.1) is 5.82 Å². The largest absolute Gasteiger partial charge is 0.337 e. The summed E-state index contributed by atoms with van der Waals surface area (Å²) in [7, 11) is 0. The fourth-order valence-electron chi connectivity index (χ4n) is 2.83. The highest BCUT2D eigenvalue weighted by atomic mass is 19.1. The molecule has 1 aromatic carbocycles. The quantitative estimate of drug-likeness (QED) is 0.757. The molecular weight excluding hydrogens is 351 g/mol. The molecule has 3 amide bonds. The van der Waals surface area contributed by atoms with E-state index in [1.807, 2.05) is 0 Å². The predicted octanol–water partition coefficient (Wildman–Crippen LogP) is 2.20. The number of nitrogens with zero attached hydrogens (tertiary/aromatic N) is 4. The van der Waals surface area contributed by atoms with E-state index in [1.165, 1.54) is 42.7 Å². The van der Waals surface area contributed by atoms with Gasteiger partial charge in [0.05, 0.1) is 0 Å². The summed E-state index contributed by atoms with van der Waals surface area (Å²) in [5, 5.41) is 16.5. The van der Waals surface area contributed by atoms with Gasteiger partial charge in [-0.3, -0.25) is 10.1 Å². The van der Waals surface area contributed by atoms with Crippen LogP contribution in [0.15, 0.2) is 35.9 Å². The topological polar surface area (TPSA) is 102 Å². The summed E-state index contributed by atoms with van der Waals surface area (Å²) in [4.78, 5) is 24.8. The minimum absolute atomic E-state index is 0.243. The van der Waals surface area contributed by atoms with Crippen molar-refractivity contribution in [2.24, 2.45) is 0 Å². The number of urea groups is 1. The van der Waals surface area contributed by atoms with Gasteiger partial charge >= 0.3 is 6.03 Å². The first-order valence-corrected chi connectivity index (χ1v) is 8.89. The molecule has 0 unspecified atom stereocenters. The average molecular weight is 372 g/mol. The van der Waals surface area contributed by atoms with Crippen LogP contribution >= 0.6 is 0 Å². The number of tetrazole rings is 1. The lowest BCUT2D eigenvalue weighted by Crippen LogP contribution is -2.41. The molecule has 0 atom stereocenters. The standard InChI is InChI=1S/C18H21FN6O2/c19-15-8-6-14(7-9-15)17-22-24-25(23-17)12-16(26)21-18(27)20-11-10-13-4-2-1-3-5-13/h4,6-9H,1-3,5,10-12H2,(H2,20,21,26,27). The van der Waals surface area contributed by atoms with Crippen molar-refractivity contribution in [2.75, 3.05) is 6.54 Å². The maximum Gasteiger partial charge on any atom is 0.321 e. The molecule has 8 nitrogen and oxygen atoms in total. The van der Waals surface area contributed by atoms with Gasteiger partial charge in [0, 0.05) is 12.1 Å². The zero-order chi connectivity index (χ0) is 19.1. The second kappa shape index (κ2) is 9.02. The van der Waals surface area contributed by atoms with E-state index in [0.29, 0.717) is 12.1 Å². The number of carbonyl (C=O) groups excluding carboxylic acids is 2. The highest BCUT2D eigenvalue weighted by Crippen LogP contribution is 2.19. The van der Waals surface area contributed by atoms with Crippen molar-refractivity contribution in [2.45, 2.75) is 38.6 Å². The Balaban J connectivity index is 1.43. The van der Waals surface area contributed by atoms with E-state index in [-0.39, 0.29) is 18.2 Å². The molecular formula is C18H21FN6O2. The number of aromatic nitrogens is 4. The first-order chi connectivity index (χ1) is 13.1. The van der Waals surface area contributed by atoms with Crippen LogP contribution in [0.25, 0.3) is 11.4 Å².